The average molecular weight is 746 g/mol. The predicted octanol–water partition coefficient (Wildman–Crippen LogP) is 5.26. The molecule has 0 saturated carbocycles. The number of rotatable bonds is 14. The van der Waals surface area contributed by atoms with Crippen molar-refractivity contribution in [1.82, 2.24) is 0 Å². The SMILES string of the molecule is CCCCC1=CC([Si]2(CCCC)CCC2)=CC1.CCCCC1=CC([Si]2(CCCC)CCC2)=CC1.[Cl-].[Cl-].[Hf]. The molecular formula is C32H56Cl2HfSi2-2. The maximum atomic E-state index is 2.62. The first-order valence-corrected chi connectivity index (χ1v) is 20.7. The van der Waals surface area contributed by atoms with Crippen molar-refractivity contribution < 1.29 is 50.7 Å². The number of halogens is 2. The summed E-state index contributed by atoms with van der Waals surface area (Å²) in [6.07, 6.45) is 29.9. The predicted molar refractivity (Wildman–Crippen MR) is 160 cm³/mol. The van der Waals surface area contributed by atoms with Crippen LogP contribution in [0.25, 0.3) is 0 Å². The Kier molecular flexibility index (Phi) is 20.3. The first kappa shape index (κ1) is 37.8. The molecule has 5 heteroatoms. The van der Waals surface area contributed by atoms with Crippen molar-refractivity contribution in [1.29, 1.82) is 0 Å². The fourth-order valence-electron chi connectivity index (χ4n) is 6.66. The van der Waals surface area contributed by atoms with Crippen LogP contribution in [-0.2, 0) is 25.8 Å². The van der Waals surface area contributed by atoms with Crippen molar-refractivity contribution in [2.45, 2.75) is 154 Å². The zero-order valence-electron chi connectivity index (χ0n) is 24.7. The van der Waals surface area contributed by atoms with E-state index in [0.717, 1.165) is 0 Å². The van der Waals surface area contributed by atoms with E-state index in [-0.39, 0.29) is 50.7 Å². The molecule has 0 aromatic rings. The van der Waals surface area contributed by atoms with Gasteiger partial charge in [-0.1, -0.05) is 161 Å². The van der Waals surface area contributed by atoms with Crippen LogP contribution in [0.2, 0.25) is 36.3 Å². The maximum Gasteiger partial charge on any atom is 0.0862 e. The van der Waals surface area contributed by atoms with Crippen molar-refractivity contribution in [3.63, 3.8) is 0 Å². The fourth-order valence-corrected chi connectivity index (χ4v) is 16.0. The topological polar surface area (TPSA) is 0 Å². The molecule has 2 aliphatic heterocycles. The van der Waals surface area contributed by atoms with E-state index < -0.39 is 16.1 Å². The molecule has 37 heavy (non-hydrogen) atoms. The molecule has 0 nitrogen and oxygen atoms in total. The Morgan fingerprint density at radius 3 is 1.19 bits per heavy atom. The Labute approximate surface area is 264 Å². The van der Waals surface area contributed by atoms with Gasteiger partial charge in [-0.25, -0.2) is 0 Å². The van der Waals surface area contributed by atoms with E-state index in [1.54, 1.807) is 47.4 Å². The molecule has 2 fully saturated rings. The standard InChI is InChI=1S/2C16H28Si.2ClH.Hf/c2*1-3-5-8-15-9-10-16(14-15)17(11-6-4-2)12-7-13-17;;;/h2*10,14H,3-9,11-13H2,1-2H3;2*1H;/p-2. The second-order valence-electron chi connectivity index (χ2n) is 12.0. The normalized spacial score (nSPS) is 20.2. The molecule has 2 heterocycles. The number of allylic oxidation sites excluding steroid dienone is 8. The molecule has 4 aliphatic rings. The fraction of sp³-hybridized carbons (Fsp3) is 0.750. The van der Waals surface area contributed by atoms with Gasteiger partial charge in [0.05, 0.1) is 16.1 Å². The van der Waals surface area contributed by atoms with Crippen LogP contribution in [-0.4, -0.2) is 16.1 Å². The van der Waals surface area contributed by atoms with Gasteiger partial charge in [-0.3, -0.25) is 0 Å². The molecule has 0 aromatic carbocycles. The van der Waals surface area contributed by atoms with E-state index in [2.05, 4.69) is 52.0 Å². The molecule has 0 unspecified atom stereocenters. The summed E-state index contributed by atoms with van der Waals surface area (Å²) in [5, 5.41) is 3.70. The number of hydrogen-bond donors (Lipinski definition) is 0. The van der Waals surface area contributed by atoms with Crippen LogP contribution in [0.4, 0.5) is 0 Å². The summed E-state index contributed by atoms with van der Waals surface area (Å²) in [5.41, 5.74) is 3.47. The van der Waals surface area contributed by atoms with Crippen LogP contribution < -0.4 is 24.8 Å². The summed E-state index contributed by atoms with van der Waals surface area (Å²) in [4.78, 5) is 0. The molecule has 0 spiro atoms. The van der Waals surface area contributed by atoms with Gasteiger partial charge >= 0.3 is 0 Å². The quantitative estimate of drug-likeness (QED) is 0.213. The van der Waals surface area contributed by atoms with Crippen LogP contribution in [0.3, 0.4) is 0 Å². The number of hydrogen-bond acceptors (Lipinski definition) is 0. The molecule has 212 valence electrons. The molecule has 2 aliphatic carbocycles. The Bertz CT molecular complexity index is 697. The minimum atomic E-state index is -0.927. The van der Waals surface area contributed by atoms with Gasteiger partial charge in [0.1, 0.15) is 0 Å². The first-order valence-electron chi connectivity index (χ1n) is 15.4. The van der Waals surface area contributed by atoms with E-state index in [1.165, 1.54) is 89.9 Å². The molecule has 0 aromatic heterocycles. The molecule has 2 saturated heterocycles. The van der Waals surface area contributed by atoms with E-state index >= 15 is 0 Å². The molecular weight excluding hydrogens is 690 g/mol. The van der Waals surface area contributed by atoms with Crippen LogP contribution >= 0.6 is 0 Å². The molecule has 0 atom stereocenters. The van der Waals surface area contributed by atoms with E-state index in [4.69, 9.17) is 0 Å². The second-order valence-corrected chi connectivity index (χ2v) is 21.3. The summed E-state index contributed by atoms with van der Waals surface area (Å²) in [7, 11) is -1.85. The minimum Gasteiger partial charge on any atom is -1.00 e. The summed E-state index contributed by atoms with van der Waals surface area (Å²) in [6, 6.07) is 9.53. The summed E-state index contributed by atoms with van der Waals surface area (Å²) in [5.74, 6) is 0. The summed E-state index contributed by atoms with van der Waals surface area (Å²) in [6.45, 7) is 9.28. The molecule has 0 bridgehead atoms. The van der Waals surface area contributed by atoms with Crippen LogP contribution in [0.5, 0.6) is 0 Å². The molecule has 0 amide bonds. The Morgan fingerprint density at radius 1 is 0.568 bits per heavy atom. The largest absolute Gasteiger partial charge is 1.00 e. The van der Waals surface area contributed by atoms with E-state index in [9.17, 15) is 0 Å². The minimum absolute atomic E-state index is 0. The van der Waals surface area contributed by atoms with Gasteiger partial charge in [-0.15, -0.1) is 0 Å². The molecule has 0 radical (unpaired) electrons. The Balaban J connectivity index is 0.000000648. The molecule has 4 rings (SSSR count). The average Bonchev–Trinajstić information content (AvgIpc) is 3.46. The van der Waals surface area contributed by atoms with Crippen LogP contribution in [0.15, 0.2) is 45.8 Å². The van der Waals surface area contributed by atoms with Crippen molar-refractivity contribution in [3.8, 4) is 0 Å². The smallest absolute Gasteiger partial charge is 0.0862 e. The molecule has 0 N–H and O–H groups in total. The van der Waals surface area contributed by atoms with Crippen molar-refractivity contribution in [2.75, 3.05) is 0 Å². The number of unbranched alkanes of at least 4 members (excludes halogenated alkanes) is 4. The van der Waals surface area contributed by atoms with Crippen LogP contribution in [0.1, 0.15) is 118 Å². The van der Waals surface area contributed by atoms with Gasteiger partial charge in [0, 0.05) is 25.8 Å². The van der Waals surface area contributed by atoms with Gasteiger partial charge in [-0.2, -0.15) is 0 Å². The zero-order chi connectivity index (χ0) is 24.3. The van der Waals surface area contributed by atoms with E-state index in [1.807, 2.05) is 10.4 Å². The van der Waals surface area contributed by atoms with Crippen LogP contribution in [0, 0.1) is 0 Å². The van der Waals surface area contributed by atoms with Gasteiger partial charge in [0.2, 0.25) is 0 Å². The van der Waals surface area contributed by atoms with Crippen molar-refractivity contribution in [3.05, 3.63) is 45.8 Å². The Morgan fingerprint density at radius 2 is 0.919 bits per heavy atom. The van der Waals surface area contributed by atoms with Gasteiger partial charge in [-0.05, 0) is 38.5 Å². The van der Waals surface area contributed by atoms with Gasteiger partial charge < -0.3 is 24.8 Å². The van der Waals surface area contributed by atoms with Gasteiger partial charge in [0.15, 0.2) is 0 Å². The van der Waals surface area contributed by atoms with E-state index in [0.29, 0.717) is 0 Å². The third kappa shape index (κ3) is 10.6. The zero-order valence-corrected chi connectivity index (χ0v) is 31.8. The Hall–Kier alpha value is 0.844. The monoisotopic (exact) mass is 746 g/mol. The first-order chi connectivity index (χ1) is 16.6. The summed E-state index contributed by atoms with van der Waals surface area (Å²) < 4.78 is 0. The third-order valence-electron chi connectivity index (χ3n) is 9.45. The van der Waals surface area contributed by atoms with Crippen molar-refractivity contribution in [2.24, 2.45) is 0 Å². The van der Waals surface area contributed by atoms with Crippen molar-refractivity contribution >= 4 is 16.1 Å². The second kappa shape index (κ2) is 19.8. The summed E-state index contributed by atoms with van der Waals surface area (Å²) >= 11 is 0. The van der Waals surface area contributed by atoms with Gasteiger partial charge in [0.25, 0.3) is 0 Å². The third-order valence-corrected chi connectivity index (χ3v) is 20.5. The maximum absolute atomic E-state index is 2.62.